The molecule has 1 aromatic heterocycles. The maximum Gasteiger partial charge on any atom is 0.227 e. The van der Waals surface area contributed by atoms with Crippen LogP contribution in [0, 0.1) is 0 Å². The van der Waals surface area contributed by atoms with Crippen molar-refractivity contribution < 1.29 is 4.79 Å². The zero-order valence-electron chi connectivity index (χ0n) is 17.6. The van der Waals surface area contributed by atoms with E-state index in [0.29, 0.717) is 13.0 Å². The van der Waals surface area contributed by atoms with Crippen LogP contribution in [0.4, 0.5) is 5.69 Å². The van der Waals surface area contributed by atoms with Gasteiger partial charge in [-0.15, -0.1) is 11.8 Å². The maximum atomic E-state index is 12.9. The van der Waals surface area contributed by atoms with Gasteiger partial charge in [0.2, 0.25) is 5.91 Å². The lowest BCUT2D eigenvalue weighted by atomic mass is 10.1. The van der Waals surface area contributed by atoms with Crippen molar-refractivity contribution in [3.05, 3.63) is 90.3 Å². The Bertz CT molecular complexity index is 1220. The van der Waals surface area contributed by atoms with Crippen molar-refractivity contribution in [2.45, 2.75) is 30.2 Å². The van der Waals surface area contributed by atoms with Gasteiger partial charge >= 0.3 is 0 Å². The molecule has 1 atom stereocenters. The van der Waals surface area contributed by atoms with E-state index in [-0.39, 0.29) is 11.8 Å². The van der Waals surface area contributed by atoms with E-state index in [4.69, 9.17) is 4.98 Å². The third kappa shape index (κ3) is 3.98. The number of carbonyl (C=O) groups is 1. The van der Waals surface area contributed by atoms with Crippen LogP contribution in [-0.4, -0.2) is 28.3 Å². The standard InChI is InChI=1S/C26H25N3OS/c1-31-22-11-7-10-21(17-22)29-18-20(16-25(29)30)26-27-23-12-5-6-13-24(23)28(26)15-14-19-8-3-2-4-9-19/h2-13,17,20H,14-16,18H2,1H3. The Morgan fingerprint density at radius 1 is 1.00 bits per heavy atom. The van der Waals surface area contributed by atoms with Crippen LogP contribution in [0.5, 0.6) is 0 Å². The summed E-state index contributed by atoms with van der Waals surface area (Å²) in [5.74, 6) is 1.28. The molecule has 4 aromatic rings. The largest absolute Gasteiger partial charge is 0.327 e. The van der Waals surface area contributed by atoms with Crippen molar-refractivity contribution in [3.8, 4) is 0 Å². The first-order valence-electron chi connectivity index (χ1n) is 10.7. The molecule has 1 aliphatic heterocycles. The van der Waals surface area contributed by atoms with Gasteiger partial charge in [0.25, 0.3) is 0 Å². The van der Waals surface area contributed by atoms with E-state index < -0.39 is 0 Å². The normalized spacial score (nSPS) is 16.4. The summed E-state index contributed by atoms with van der Waals surface area (Å²) >= 11 is 1.70. The van der Waals surface area contributed by atoms with Gasteiger partial charge in [-0.2, -0.15) is 0 Å². The van der Waals surface area contributed by atoms with E-state index in [0.717, 1.165) is 35.5 Å². The van der Waals surface area contributed by atoms with Gasteiger partial charge in [0, 0.05) is 36.0 Å². The molecule has 5 rings (SSSR count). The fourth-order valence-corrected chi connectivity index (χ4v) is 4.89. The van der Waals surface area contributed by atoms with Gasteiger partial charge in [-0.3, -0.25) is 4.79 Å². The smallest absolute Gasteiger partial charge is 0.227 e. The summed E-state index contributed by atoms with van der Waals surface area (Å²) in [5, 5.41) is 0. The van der Waals surface area contributed by atoms with Crippen molar-refractivity contribution in [3.63, 3.8) is 0 Å². The lowest BCUT2D eigenvalue weighted by molar-refractivity contribution is -0.117. The number of thioether (sulfide) groups is 1. The van der Waals surface area contributed by atoms with Crippen molar-refractivity contribution in [1.82, 2.24) is 9.55 Å². The molecule has 0 spiro atoms. The molecule has 4 nitrogen and oxygen atoms in total. The zero-order chi connectivity index (χ0) is 21.2. The molecule has 0 radical (unpaired) electrons. The molecule has 1 fully saturated rings. The third-order valence-corrected chi connectivity index (χ3v) is 6.73. The average Bonchev–Trinajstić information content (AvgIpc) is 3.39. The summed E-state index contributed by atoms with van der Waals surface area (Å²) in [7, 11) is 0. The molecule has 156 valence electrons. The number of hydrogen-bond acceptors (Lipinski definition) is 3. The van der Waals surface area contributed by atoms with E-state index in [9.17, 15) is 4.79 Å². The van der Waals surface area contributed by atoms with Gasteiger partial charge in [-0.25, -0.2) is 4.98 Å². The number of aromatic nitrogens is 2. The Balaban J connectivity index is 1.46. The predicted molar refractivity (Wildman–Crippen MR) is 128 cm³/mol. The second-order valence-corrected chi connectivity index (χ2v) is 8.83. The number of carbonyl (C=O) groups excluding carboxylic acids is 1. The quantitative estimate of drug-likeness (QED) is 0.380. The first-order valence-corrected chi connectivity index (χ1v) is 11.9. The molecule has 2 heterocycles. The Morgan fingerprint density at radius 2 is 1.81 bits per heavy atom. The van der Waals surface area contributed by atoms with Gasteiger partial charge in [0.15, 0.2) is 0 Å². The number of para-hydroxylation sites is 2. The Kier molecular flexibility index (Phi) is 5.51. The second-order valence-electron chi connectivity index (χ2n) is 7.95. The monoisotopic (exact) mass is 427 g/mol. The van der Waals surface area contributed by atoms with Gasteiger partial charge in [0.1, 0.15) is 5.82 Å². The molecular weight excluding hydrogens is 402 g/mol. The van der Waals surface area contributed by atoms with Crippen LogP contribution in [0.1, 0.15) is 23.7 Å². The minimum atomic E-state index is 0.0913. The molecule has 3 aromatic carbocycles. The topological polar surface area (TPSA) is 38.1 Å². The van der Waals surface area contributed by atoms with E-state index >= 15 is 0 Å². The van der Waals surface area contributed by atoms with E-state index in [1.54, 1.807) is 11.8 Å². The van der Waals surface area contributed by atoms with Gasteiger partial charge in [-0.1, -0.05) is 48.5 Å². The van der Waals surface area contributed by atoms with Crippen molar-refractivity contribution in [1.29, 1.82) is 0 Å². The molecule has 0 saturated carbocycles. The number of anilines is 1. The van der Waals surface area contributed by atoms with Crippen LogP contribution in [-0.2, 0) is 17.8 Å². The number of benzene rings is 3. The number of nitrogens with zero attached hydrogens (tertiary/aromatic N) is 3. The molecular formula is C26H25N3OS. The molecule has 0 N–H and O–H groups in total. The highest BCUT2D eigenvalue weighted by Crippen LogP contribution is 2.34. The summed E-state index contributed by atoms with van der Waals surface area (Å²) in [6.45, 7) is 1.53. The number of aryl methyl sites for hydroxylation is 2. The van der Waals surface area contributed by atoms with Gasteiger partial charge in [0.05, 0.1) is 11.0 Å². The number of hydrogen-bond donors (Lipinski definition) is 0. The van der Waals surface area contributed by atoms with E-state index in [1.807, 2.05) is 29.2 Å². The van der Waals surface area contributed by atoms with Crippen LogP contribution in [0.3, 0.4) is 0 Å². The number of rotatable bonds is 6. The third-order valence-electron chi connectivity index (χ3n) is 6.01. The lowest BCUT2D eigenvalue weighted by Crippen LogP contribution is -2.24. The Morgan fingerprint density at radius 3 is 2.65 bits per heavy atom. The minimum absolute atomic E-state index is 0.0913. The highest BCUT2D eigenvalue weighted by molar-refractivity contribution is 7.98. The molecule has 0 aliphatic carbocycles. The summed E-state index contributed by atoms with van der Waals surface area (Å²) in [6, 6.07) is 27.1. The first kappa shape index (κ1) is 19.9. The summed E-state index contributed by atoms with van der Waals surface area (Å²) in [6.07, 6.45) is 3.50. The molecule has 0 bridgehead atoms. The molecule has 5 heteroatoms. The zero-order valence-corrected chi connectivity index (χ0v) is 18.4. The summed E-state index contributed by atoms with van der Waals surface area (Å²) < 4.78 is 2.32. The fraction of sp³-hybridized carbons (Fsp3) is 0.231. The van der Waals surface area contributed by atoms with E-state index in [1.165, 1.54) is 10.5 Å². The molecule has 31 heavy (non-hydrogen) atoms. The molecule has 1 amide bonds. The number of imidazole rings is 1. The van der Waals surface area contributed by atoms with Crippen LogP contribution < -0.4 is 4.90 Å². The van der Waals surface area contributed by atoms with Gasteiger partial charge in [-0.05, 0) is 48.6 Å². The highest BCUT2D eigenvalue weighted by Gasteiger charge is 2.34. The highest BCUT2D eigenvalue weighted by atomic mass is 32.2. The summed E-state index contributed by atoms with van der Waals surface area (Å²) in [4.78, 5) is 21.0. The van der Waals surface area contributed by atoms with Crippen molar-refractivity contribution in [2.24, 2.45) is 0 Å². The predicted octanol–water partition coefficient (Wildman–Crippen LogP) is 5.52. The Hall–Kier alpha value is -3.05. The van der Waals surface area contributed by atoms with Crippen LogP contribution in [0.2, 0.25) is 0 Å². The van der Waals surface area contributed by atoms with Crippen LogP contribution >= 0.6 is 11.8 Å². The molecule has 1 unspecified atom stereocenters. The Labute approximate surface area is 186 Å². The van der Waals surface area contributed by atoms with Crippen LogP contribution in [0.15, 0.2) is 83.8 Å². The lowest BCUT2D eigenvalue weighted by Gasteiger charge is -2.18. The van der Waals surface area contributed by atoms with Gasteiger partial charge < -0.3 is 9.47 Å². The van der Waals surface area contributed by atoms with Crippen LogP contribution in [0.25, 0.3) is 11.0 Å². The number of amides is 1. The second kappa shape index (κ2) is 8.60. The first-order chi connectivity index (χ1) is 15.2. The van der Waals surface area contributed by atoms with Crippen molar-refractivity contribution >= 4 is 34.4 Å². The number of fused-ring (bicyclic) bond motifs is 1. The van der Waals surface area contributed by atoms with E-state index in [2.05, 4.69) is 65.4 Å². The fourth-order valence-electron chi connectivity index (χ4n) is 4.43. The summed E-state index contributed by atoms with van der Waals surface area (Å²) in [5.41, 5.74) is 4.43. The van der Waals surface area contributed by atoms with Crippen molar-refractivity contribution in [2.75, 3.05) is 17.7 Å². The SMILES string of the molecule is CSc1cccc(N2CC(c3nc4ccccc4n3CCc3ccccc3)CC2=O)c1. The maximum absolute atomic E-state index is 12.9. The molecule has 1 saturated heterocycles. The minimum Gasteiger partial charge on any atom is -0.327 e. The molecule has 1 aliphatic rings. The average molecular weight is 428 g/mol.